The summed E-state index contributed by atoms with van der Waals surface area (Å²) in [5, 5.41) is 0.182. The van der Waals surface area contributed by atoms with Crippen LogP contribution in [0, 0.1) is 17.7 Å². The van der Waals surface area contributed by atoms with E-state index in [0.29, 0.717) is 5.92 Å². The van der Waals surface area contributed by atoms with Crippen LogP contribution in [0.25, 0.3) is 0 Å². The maximum atomic E-state index is 13.5. The van der Waals surface area contributed by atoms with Gasteiger partial charge in [0.2, 0.25) is 0 Å². The first-order valence-corrected chi connectivity index (χ1v) is 7.98. The highest BCUT2D eigenvalue weighted by molar-refractivity contribution is 6.30. The van der Waals surface area contributed by atoms with Crippen molar-refractivity contribution in [3.63, 3.8) is 0 Å². The molecule has 1 aromatic rings. The van der Waals surface area contributed by atoms with Gasteiger partial charge in [0.15, 0.2) is 0 Å². The van der Waals surface area contributed by atoms with Gasteiger partial charge in [-0.15, -0.1) is 0 Å². The highest BCUT2D eigenvalue weighted by atomic mass is 35.5. The minimum Gasteiger partial charge on any atom is -0.325 e. The fraction of sp³-hybridized carbons (Fsp3) is 0.647. The van der Waals surface area contributed by atoms with Crippen molar-refractivity contribution in [1.29, 1.82) is 0 Å². The Bertz CT molecular complexity index is 460. The molecule has 20 heavy (non-hydrogen) atoms. The third-order valence-corrected chi connectivity index (χ3v) is 4.63. The molecule has 1 fully saturated rings. The van der Waals surface area contributed by atoms with E-state index in [1.807, 2.05) is 6.07 Å². The molecule has 112 valence electrons. The van der Waals surface area contributed by atoms with Crippen LogP contribution in [0.1, 0.15) is 51.5 Å². The molecule has 0 bridgehead atoms. The van der Waals surface area contributed by atoms with E-state index >= 15 is 0 Å². The first kappa shape index (κ1) is 15.8. The molecule has 1 saturated carbocycles. The number of hydrogen-bond acceptors (Lipinski definition) is 1. The Morgan fingerprint density at radius 3 is 2.85 bits per heavy atom. The lowest BCUT2D eigenvalue weighted by atomic mass is 9.71. The van der Waals surface area contributed by atoms with Crippen LogP contribution in [-0.4, -0.2) is 5.54 Å². The third-order valence-electron chi connectivity index (χ3n) is 4.33. The molecule has 0 saturated heterocycles. The van der Waals surface area contributed by atoms with Crippen LogP contribution in [-0.2, 0) is 6.42 Å². The topological polar surface area (TPSA) is 26.0 Å². The molecule has 0 heterocycles. The molecule has 0 aliphatic heterocycles. The van der Waals surface area contributed by atoms with Crippen LogP contribution in [0.3, 0.4) is 0 Å². The summed E-state index contributed by atoms with van der Waals surface area (Å²) >= 11 is 5.73. The summed E-state index contributed by atoms with van der Waals surface area (Å²) in [6, 6.07) is 5.05. The number of hydrogen-bond donors (Lipinski definition) is 1. The van der Waals surface area contributed by atoms with Crippen molar-refractivity contribution in [3.05, 3.63) is 34.6 Å². The quantitative estimate of drug-likeness (QED) is 0.835. The smallest absolute Gasteiger partial charge is 0.142 e. The van der Waals surface area contributed by atoms with Gasteiger partial charge >= 0.3 is 0 Å². The van der Waals surface area contributed by atoms with Crippen molar-refractivity contribution in [3.8, 4) is 0 Å². The summed E-state index contributed by atoms with van der Waals surface area (Å²) < 4.78 is 13.5. The molecule has 1 aromatic carbocycles. The van der Waals surface area contributed by atoms with Crippen molar-refractivity contribution in [1.82, 2.24) is 0 Å². The van der Waals surface area contributed by atoms with Gasteiger partial charge in [0, 0.05) is 5.54 Å². The highest BCUT2D eigenvalue weighted by Gasteiger charge is 2.33. The highest BCUT2D eigenvalue weighted by Crippen LogP contribution is 2.36. The second-order valence-electron chi connectivity index (χ2n) is 6.88. The molecule has 2 atom stereocenters. The Morgan fingerprint density at radius 1 is 1.45 bits per heavy atom. The Balaban J connectivity index is 2.04. The van der Waals surface area contributed by atoms with Crippen LogP contribution < -0.4 is 5.73 Å². The molecule has 2 unspecified atom stereocenters. The fourth-order valence-corrected chi connectivity index (χ4v) is 3.72. The minimum atomic E-state index is -0.345. The number of benzene rings is 1. The molecule has 1 nitrogen and oxygen atoms in total. The zero-order valence-electron chi connectivity index (χ0n) is 12.5. The van der Waals surface area contributed by atoms with Crippen LogP contribution in [0.2, 0.25) is 5.02 Å². The van der Waals surface area contributed by atoms with E-state index in [9.17, 15) is 4.39 Å². The van der Waals surface area contributed by atoms with Gasteiger partial charge in [0.1, 0.15) is 5.82 Å². The van der Waals surface area contributed by atoms with Gasteiger partial charge in [-0.1, -0.05) is 44.4 Å². The van der Waals surface area contributed by atoms with E-state index in [1.165, 1.54) is 25.3 Å². The molecule has 0 amide bonds. The normalized spacial score (nSPS) is 27.0. The summed E-state index contributed by atoms with van der Waals surface area (Å²) in [6.07, 6.45) is 6.54. The van der Waals surface area contributed by atoms with Gasteiger partial charge in [-0.25, -0.2) is 4.39 Å². The van der Waals surface area contributed by atoms with E-state index in [4.69, 9.17) is 17.3 Å². The van der Waals surface area contributed by atoms with E-state index in [0.717, 1.165) is 30.7 Å². The second-order valence-corrected chi connectivity index (χ2v) is 7.29. The Kier molecular flexibility index (Phi) is 5.09. The van der Waals surface area contributed by atoms with E-state index in [2.05, 4.69) is 13.8 Å². The summed E-state index contributed by atoms with van der Waals surface area (Å²) in [6.45, 7) is 4.53. The predicted molar refractivity (Wildman–Crippen MR) is 83.4 cm³/mol. The Hall–Kier alpha value is -0.600. The van der Waals surface area contributed by atoms with Crippen molar-refractivity contribution < 1.29 is 4.39 Å². The van der Waals surface area contributed by atoms with Gasteiger partial charge in [-0.2, -0.15) is 0 Å². The molecule has 3 heteroatoms. The van der Waals surface area contributed by atoms with E-state index in [-0.39, 0.29) is 16.4 Å². The molecule has 0 radical (unpaired) electrons. The second kappa shape index (κ2) is 6.44. The first-order chi connectivity index (χ1) is 9.38. The average Bonchev–Trinajstić information content (AvgIpc) is 2.32. The maximum Gasteiger partial charge on any atom is 0.142 e. The molecule has 1 aliphatic rings. The summed E-state index contributed by atoms with van der Waals surface area (Å²) in [5.41, 5.74) is 7.37. The molecule has 0 aromatic heterocycles. The molecular formula is C17H25ClFN. The van der Waals surface area contributed by atoms with Gasteiger partial charge in [-0.05, 0) is 55.2 Å². The number of rotatable bonds is 4. The molecule has 1 aliphatic carbocycles. The van der Waals surface area contributed by atoms with Crippen LogP contribution in [0.15, 0.2) is 18.2 Å². The zero-order valence-corrected chi connectivity index (χ0v) is 13.2. The SMILES string of the molecule is CC(C)CC1CCCC(N)(Cc2ccc(Cl)c(F)c2)C1. The van der Waals surface area contributed by atoms with Crippen molar-refractivity contribution >= 4 is 11.6 Å². The zero-order chi connectivity index (χ0) is 14.8. The largest absolute Gasteiger partial charge is 0.325 e. The van der Waals surface area contributed by atoms with Crippen molar-refractivity contribution in [2.75, 3.05) is 0 Å². The Morgan fingerprint density at radius 2 is 2.20 bits per heavy atom. The number of halogens is 2. The van der Waals surface area contributed by atoms with Crippen LogP contribution in [0.5, 0.6) is 0 Å². The van der Waals surface area contributed by atoms with Crippen LogP contribution in [0.4, 0.5) is 4.39 Å². The van der Waals surface area contributed by atoms with E-state index < -0.39 is 0 Å². The van der Waals surface area contributed by atoms with E-state index in [1.54, 1.807) is 6.07 Å². The molecule has 2 rings (SSSR count). The van der Waals surface area contributed by atoms with Gasteiger partial charge < -0.3 is 5.73 Å². The van der Waals surface area contributed by atoms with Crippen molar-refractivity contribution in [2.45, 2.75) is 57.9 Å². The molecule has 2 N–H and O–H groups in total. The molecule has 0 spiro atoms. The summed E-state index contributed by atoms with van der Waals surface area (Å²) in [7, 11) is 0. The standard InChI is InChI=1S/C17H25ClFN/c1-12(2)8-13-4-3-7-17(20,10-13)11-14-5-6-15(18)16(19)9-14/h5-6,9,12-13H,3-4,7-8,10-11,20H2,1-2H3. The maximum absolute atomic E-state index is 13.5. The minimum absolute atomic E-state index is 0.182. The van der Waals surface area contributed by atoms with Crippen molar-refractivity contribution in [2.24, 2.45) is 17.6 Å². The lowest BCUT2D eigenvalue weighted by Crippen LogP contribution is -2.46. The molecular weight excluding hydrogens is 273 g/mol. The average molecular weight is 298 g/mol. The first-order valence-electron chi connectivity index (χ1n) is 7.61. The summed E-state index contributed by atoms with van der Waals surface area (Å²) in [4.78, 5) is 0. The fourth-order valence-electron chi connectivity index (χ4n) is 3.61. The van der Waals surface area contributed by atoms with Gasteiger partial charge in [-0.3, -0.25) is 0 Å². The van der Waals surface area contributed by atoms with Gasteiger partial charge in [0.25, 0.3) is 0 Å². The third kappa shape index (κ3) is 4.20. The lowest BCUT2D eigenvalue weighted by molar-refractivity contribution is 0.200. The number of nitrogens with two attached hydrogens (primary N) is 1. The van der Waals surface area contributed by atoms with Gasteiger partial charge in [0.05, 0.1) is 5.02 Å². The summed E-state index contributed by atoms with van der Waals surface area (Å²) in [5.74, 6) is 1.09. The lowest BCUT2D eigenvalue weighted by Gasteiger charge is -2.39. The Labute approximate surface area is 126 Å². The predicted octanol–water partition coefficient (Wildman–Crippen LogP) is 4.96. The monoisotopic (exact) mass is 297 g/mol. The van der Waals surface area contributed by atoms with Crippen LogP contribution >= 0.6 is 11.6 Å².